The van der Waals surface area contributed by atoms with Gasteiger partial charge in [-0.05, 0) is 48.5 Å². The molecule has 0 spiro atoms. The number of ether oxygens (including phenoxy) is 2. The van der Waals surface area contributed by atoms with E-state index in [0.29, 0.717) is 34.5 Å². The SMILES string of the molecule is COc1cc(C(=O)CCN)c(Br)cc1OC(C)C. The van der Waals surface area contributed by atoms with E-state index in [2.05, 4.69) is 15.9 Å². The van der Waals surface area contributed by atoms with E-state index in [1.807, 2.05) is 13.8 Å². The fraction of sp³-hybridized carbons (Fsp3) is 0.462. The Labute approximate surface area is 116 Å². The molecule has 0 amide bonds. The molecule has 0 aliphatic carbocycles. The summed E-state index contributed by atoms with van der Waals surface area (Å²) in [5.41, 5.74) is 5.95. The Hall–Kier alpha value is -1.07. The highest BCUT2D eigenvalue weighted by Gasteiger charge is 2.15. The molecule has 0 aromatic heterocycles. The van der Waals surface area contributed by atoms with Crippen LogP contribution in [0.25, 0.3) is 0 Å². The quantitative estimate of drug-likeness (QED) is 0.820. The molecule has 2 N–H and O–H groups in total. The standard InChI is InChI=1S/C13H18BrNO3/c1-8(2)18-13-7-10(14)9(6-12(13)17-3)11(16)4-5-15/h6-8H,4-5,15H2,1-3H3. The van der Waals surface area contributed by atoms with Gasteiger partial charge in [0.1, 0.15) is 0 Å². The van der Waals surface area contributed by atoms with E-state index >= 15 is 0 Å². The van der Waals surface area contributed by atoms with Gasteiger partial charge in [0.25, 0.3) is 0 Å². The average Bonchev–Trinajstić information content (AvgIpc) is 2.28. The minimum atomic E-state index is -0.0150. The highest BCUT2D eigenvalue weighted by Crippen LogP contribution is 2.34. The first-order chi connectivity index (χ1) is 8.49. The summed E-state index contributed by atoms with van der Waals surface area (Å²) in [7, 11) is 1.55. The number of benzene rings is 1. The Morgan fingerprint density at radius 1 is 1.39 bits per heavy atom. The minimum absolute atomic E-state index is 0.0150. The van der Waals surface area contributed by atoms with Crippen molar-refractivity contribution in [3.05, 3.63) is 22.2 Å². The van der Waals surface area contributed by atoms with Crippen LogP contribution in [0.2, 0.25) is 0 Å². The maximum Gasteiger partial charge on any atom is 0.165 e. The molecule has 1 aromatic rings. The largest absolute Gasteiger partial charge is 0.493 e. The van der Waals surface area contributed by atoms with Gasteiger partial charge in [-0.2, -0.15) is 0 Å². The lowest BCUT2D eigenvalue weighted by Crippen LogP contribution is -2.10. The van der Waals surface area contributed by atoms with Gasteiger partial charge in [-0.1, -0.05) is 0 Å². The van der Waals surface area contributed by atoms with Crippen LogP contribution >= 0.6 is 15.9 Å². The summed E-state index contributed by atoms with van der Waals surface area (Å²) in [4.78, 5) is 11.9. The first-order valence-corrected chi connectivity index (χ1v) is 6.56. The summed E-state index contributed by atoms with van der Waals surface area (Å²) in [5, 5.41) is 0. The Morgan fingerprint density at radius 3 is 2.56 bits per heavy atom. The predicted molar refractivity (Wildman–Crippen MR) is 74.5 cm³/mol. The van der Waals surface area contributed by atoms with E-state index in [0.717, 1.165) is 0 Å². The van der Waals surface area contributed by atoms with Crippen molar-refractivity contribution in [3.63, 3.8) is 0 Å². The van der Waals surface area contributed by atoms with Gasteiger partial charge in [-0.25, -0.2) is 0 Å². The van der Waals surface area contributed by atoms with Gasteiger partial charge in [-0.3, -0.25) is 4.79 Å². The van der Waals surface area contributed by atoms with Crippen molar-refractivity contribution in [2.24, 2.45) is 5.73 Å². The molecule has 0 radical (unpaired) electrons. The molecular weight excluding hydrogens is 298 g/mol. The molecule has 1 aromatic carbocycles. The summed E-state index contributed by atoms with van der Waals surface area (Å²) in [6.07, 6.45) is 0.350. The number of nitrogens with two attached hydrogens (primary N) is 1. The molecule has 4 nitrogen and oxygen atoms in total. The van der Waals surface area contributed by atoms with E-state index in [1.165, 1.54) is 0 Å². The van der Waals surface area contributed by atoms with Crippen LogP contribution in [0.4, 0.5) is 0 Å². The topological polar surface area (TPSA) is 61.5 Å². The molecule has 0 unspecified atom stereocenters. The van der Waals surface area contributed by atoms with Gasteiger partial charge in [0.15, 0.2) is 17.3 Å². The molecule has 0 aliphatic rings. The lowest BCUT2D eigenvalue weighted by atomic mass is 10.1. The lowest BCUT2D eigenvalue weighted by Gasteiger charge is -2.15. The van der Waals surface area contributed by atoms with Crippen molar-refractivity contribution >= 4 is 21.7 Å². The zero-order chi connectivity index (χ0) is 13.7. The second kappa shape index (κ2) is 6.75. The van der Waals surface area contributed by atoms with Gasteiger partial charge >= 0.3 is 0 Å². The van der Waals surface area contributed by atoms with Crippen molar-refractivity contribution in [1.82, 2.24) is 0 Å². The second-order valence-electron chi connectivity index (χ2n) is 4.11. The number of carbonyl (C=O) groups excluding carboxylic acids is 1. The fourth-order valence-electron chi connectivity index (χ4n) is 1.52. The van der Waals surface area contributed by atoms with Gasteiger partial charge < -0.3 is 15.2 Å². The lowest BCUT2D eigenvalue weighted by molar-refractivity contribution is 0.0984. The first-order valence-electron chi connectivity index (χ1n) is 5.77. The predicted octanol–water partition coefficient (Wildman–Crippen LogP) is 2.78. The van der Waals surface area contributed by atoms with E-state index in [4.69, 9.17) is 15.2 Å². The van der Waals surface area contributed by atoms with Crippen LogP contribution in [-0.4, -0.2) is 25.5 Å². The molecule has 0 aliphatic heterocycles. The molecule has 0 atom stereocenters. The highest BCUT2D eigenvalue weighted by molar-refractivity contribution is 9.10. The number of hydrogen-bond donors (Lipinski definition) is 1. The second-order valence-corrected chi connectivity index (χ2v) is 4.97. The van der Waals surface area contributed by atoms with Crippen LogP contribution in [0, 0.1) is 0 Å². The highest BCUT2D eigenvalue weighted by atomic mass is 79.9. The Morgan fingerprint density at radius 2 is 2.06 bits per heavy atom. The van der Waals surface area contributed by atoms with Gasteiger partial charge in [0.05, 0.1) is 13.2 Å². The number of rotatable bonds is 6. The molecule has 100 valence electrons. The molecule has 0 bridgehead atoms. The Bertz CT molecular complexity index is 432. The number of ketones is 1. The van der Waals surface area contributed by atoms with E-state index in [1.54, 1.807) is 19.2 Å². The van der Waals surface area contributed by atoms with Gasteiger partial charge in [0.2, 0.25) is 0 Å². The van der Waals surface area contributed by atoms with Crippen LogP contribution in [0.15, 0.2) is 16.6 Å². The molecule has 0 saturated carbocycles. The Kier molecular flexibility index (Phi) is 5.62. The number of hydrogen-bond acceptors (Lipinski definition) is 4. The molecule has 0 saturated heterocycles. The van der Waals surface area contributed by atoms with Gasteiger partial charge in [-0.15, -0.1) is 0 Å². The monoisotopic (exact) mass is 315 g/mol. The van der Waals surface area contributed by atoms with E-state index < -0.39 is 0 Å². The van der Waals surface area contributed by atoms with Crippen molar-refractivity contribution in [2.45, 2.75) is 26.4 Å². The zero-order valence-electron chi connectivity index (χ0n) is 10.8. The van der Waals surface area contributed by atoms with Crippen LogP contribution in [0.1, 0.15) is 30.6 Å². The molecule has 1 rings (SSSR count). The zero-order valence-corrected chi connectivity index (χ0v) is 12.4. The van der Waals surface area contributed by atoms with E-state index in [-0.39, 0.29) is 11.9 Å². The average molecular weight is 316 g/mol. The third kappa shape index (κ3) is 3.71. The van der Waals surface area contributed by atoms with Crippen molar-refractivity contribution in [2.75, 3.05) is 13.7 Å². The molecule has 0 heterocycles. The van der Waals surface area contributed by atoms with Crippen molar-refractivity contribution in [3.8, 4) is 11.5 Å². The van der Waals surface area contributed by atoms with Gasteiger partial charge in [0, 0.05) is 16.5 Å². The maximum atomic E-state index is 11.9. The van der Waals surface area contributed by atoms with Crippen molar-refractivity contribution in [1.29, 1.82) is 0 Å². The smallest absolute Gasteiger partial charge is 0.165 e. The van der Waals surface area contributed by atoms with Crippen LogP contribution in [-0.2, 0) is 0 Å². The third-order valence-electron chi connectivity index (χ3n) is 2.29. The third-order valence-corrected chi connectivity index (χ3v) is 2.94. The molecular formula is C13H18BrNO3. The minimum Gasteiger partial charge on any atom is -0.493 e. The summed E-state index contributed by atoms with van der Waals surface area (Å²) >= 11 is 3.37. The van der Waals surface area contributed by atoms with Crippen LogP contribution in [0.5, 0.6) is 11.5 Å². The maximum absolute atomic E-state index is 11.9. The molecule has 5 heteroatoms. The molecule has 0 fully saturated rings. The number of halogens is 1. The summed E-state index contributed by atoms with van der Waals surface area (Å²) in [6.45, 7) is 4.19. The summed E-state index contributed by atoms with van der Waals surface area (Å²) in [6, 6.07) is 3.43. The number of carbonyl (C=O) groups is 1. The summed E-state index contributed by atoms with van der Waals surface area (Å²) in [5.74, 6) is 1.15. The van der Waals surface area contributed by atoms with Crippen LogP contribution < -0.4 is 15.2 Å². The molecule has 18 heavy (non-hydrogen) atoms. The number of Topliss-reactive ketones (excluding diaryl/α,β-unsaturated/α-hetero) is 1. The first kappa shape index (κ1) is 15.0. The number of methoxy groups -OCH3 is 1. The normalized spacial score (nSPS) is 10.6. The summed E-state index contributed by atoms with van der Waals surface area (Å²) < 4.78 is 11.6. The van der Waals surface area contributed by atoms with Crippen LogP contribution in [0.3, 0.4) is 0 Å². The van der Waals surface area contributed by atoms with E-state index in [9.17, 15) is 4.79 Å². The Balaban J connectivity index is 3.13. The van der Waals surface area contributed by atoms with Crippen molar-refractivity contribution < 1.29 is 14.3 Å². The fourth-order valence-corrected chi connectivity index (χ4v) is 2.06.